The van der Waals surface area contributed by atoms with Crippen molar-refractivity contribution in [2.75, 3.05) is 18.4 Å². The van der Waals surface area contributed by atoms with Crippen molar-refractivity contribution in [2.45, 2.75) is 39.9 Å². The number of nitrogens with one attached hydrogen (secondary N) is 2. The van der Waals surface area contributed by atoms with Crippen LogP contribution in [0.25, 0.3) is 10.9 Å². The van der Waals surface area contributed by atoms with Crippen molar-refractivity contribution in [3.63, 3.8) is 0 Å². The van der Waals surface area contributed by atoms with Crippen molar-refractivity contribution in [1.29, 1.82) is 0 Å². The van der Waals surface area contributed by atoms with Gasteiger partial charge in [-0.25, -0.2) is 4.98 Å². The van der Waals surface area contributed by atoms with Gasteiger partial charge >= 0.3 is 12.1 Å². The van der Waals surface area contributed by atoms with Crippen LogP contribution in [0.5, 0.6) is 0 Å². The number of aromatic amines is 1. The zero-order valence-corrected chi connectivity index (χ0v) is 21.4. The summed E-state index contributed by atoms with van der Waals surface area (Å²) in [7, 11) is 0. The first-order valence-electron chi connectivity index (χ1n) is 12.3. The Morgan fingerprint density at radius 3 is 2.34 bits per heavy atom. The second kappa shape index (κ2) is 10.1. The lowest BCUT2D eigenvalue weighted by atomic mass is 9.86. The molecule has 3 aromatic rings. The van der Waals surface area contributed by atoms with Gasteiger partial charge in [0, 0.05) is 30.4 Å². The average molecular weight is 531 g/mol. The number of H-pyrrole nitrogens is 1. The van der Waals surface area contributed by atoms with E-state index in [-0.39, 0.29) is 46.6 Å². The summed E-state index contributed by atoms with van der Waals surface area (Å²) < 4.78 is 41.7. The number of anilines is 1. The van der Waals surface area contributed by atoms with Gasteiger partial charge in [0.05, 0.1) is 22.4 Å². The number of fused-ring (bicyclic) bond motifs is 1. The zero-order chi connectivity index (χ0) is 27.9. The number of carbonyl (C=O) groups is 2. The number of amides is 1. The van der Waals surface area contributed by atoms with E-state index in [4.69, 9.17) is 0 Å². The molecule has 2 aromatic carbocycles. The minimum absolute atomic E-state index is 0.0378. The summed E-state index contributed by atoms with van der Waals surface area (Å²) in [6.45, 7) is 7.39. The van der Waals surface area contributed by atoms with Crippen molar-refractivity contribution in [3.8, 4) is 0 Å². The van der Waals surface area contributed by atoms with Gasteiger partial charge in [-0.15, -0.1) is 0 Å². The molecule has 0 radical (unpaired) electrons. The highest BCUT2D eigenvalue weighted by Gasteiger charge is 2.41. The molecule has 2 heterocycles. The van der Waals surface area contributed by atoms with Crippen LogP contribution in [-0.4, -0.2) is 44.9 Å². The first kappa shape index (κ1) is 27.2. The van der Waals surface area contributed by atoms with Crippen molar-refractivity contribution >= 4 is 28.5 Å². The Morgan fingerprint density at radius 1 is 1.13 bits per heavy atom. The number of halogens is 3. The molecular weight excluding hydrogens is 501 g/mol. The maximum atomic E-state index is 13.9. The fourth-order valence-corrected chi connectivity index (χ4v) is 5.07. The number of aryl methyl sites for hydroxylation is 1. The van der Waals surface area contributed by atoms with Crippen LogP contribution < -0.4 is 10.9 Å². The molecule has 202 valence electrons. The highest BCUT2D eigenvalue weighted by Crippen LogP contribution is 2.37. The van der Waals surface area contributed by atoms with E-state index in [2.05, 4.69) is 15.3 Å². The molecule has 1 aliphatic heterocycles. The number of benzene rings is 2. The van der Waals surface area contributed by atoms with Gasteiger partial charge < -0.3 is 20.3 Å². The highest BCUT2D eigenvalue weighted by molar-refractivity contribution is 5.95. The standard InChI is InChI=1S/C27H29F3N4O4/c1-13(2)20-11-34(12-21(20)26(37)38)25(36)16-5-7-17(8-6-16)31-14(3)18-9-19-23(10-22(18)27(28,29)30)32-15(4)33-24(19)35/h5-10,13-14,20-21,31H,11-12H2,1-4H3,(H,37,38)(H,32,33,35)/t14-,20+,21-/m0/s1. The Morgan fingerprint density at radius 2 is 1.79 bits per heavy atom. The number of hydrogen-bond donors (Lipinski definition) is 3. The number of likely N-dealkylation sites (tertiary alicyclic amines) is 1. The lowest BCUT2D eigenvalue weighted by Crippen LogP contribution is -2.29. The van der Waals surface area contributed by atoms with Crippen molar-refractivity contribution in [2.24, 2.45) is 17.8 Å². The van der Waals surface area contributed by atoms with E-state index >= 15 is 0 Å². The summed E-state index contributed by atoms with van der Waals surface area (Å²) in [5.41, 5.74) is -0.739. The molecule has 1 saturated heterocycles. The van der Waals surface area contributed by atoms with Crippen LogP contribution in [0.3, 0.4) is 0 Å². The minimum Gasteiger partial charge on any atom is -0.481 e. The Hall–Kier alpha value is -3.89. The third-order valence-corrected chi connectivity index (χ3v) is 7.11. The van der Waals surface area contributed by atoms with Crippen LogP contribution in [0.2, 0.25) is 0 Å². The van der Waals surface area contributed by atoms with Gasteiger partial charge in [0.25, 0.3) is 11.5 Å². The fourth-order valence-electron chi connectivity index (χ4n) is 5.07. The van der Waals surface area contributed by atoms with E-state index in [1.165, 1.54) is 17.9 Å². The second-order valence-electron chi connectivity index (χ2n) is 10.1. The van der Waals surface area contributed by atoms with Crippen LogP contribution in [0, 0.1) is 24.7 Å². The summed E-state index contributed by atoms with van der Waals surface area (Å²) in [5, 5.41) is 12.6. The molecule has 3 N–H and O–H groups in total. The monoisotopic (exact) mass is 530 g/mol. The van der Waals surface area contributed by atoms with Crippen LogP contribution in [0.15, 0.2) is 41.2 Å². The van der Waals surface area contributed by atoms with E-state index in [1.807, 2.05) is 13.8 Å². The van der Waals surface area contributed by atoms with E-state index < -0.39 is 35.2 Å². The predicted molar refractivity (Wildman–Crippen MR) is 136 cm³/mol. The molecule has 11 heteroatoms. The van der Waals surface area contributed by atoms with Gasteiger partial charge in [-0.05, 0) is 67.6 Å². The number of aromatic nitrogens is 2. The molecule has 38 heavy (non-hydrogen) atoms. The molecule has 4 rings (SSSR count). The van der Waals surface area contributed by atoms with Crippen LogP contribution in [0.1, 0.15) is 54.1 Å². The first-order chi connectivity index (χ1) is 17.8. The molecule has 3 atom stereocenters. The number of alkyl halides is 3. The quantitative estimate of drug-likeness (QED) is 0.420. The first-order valence-corrected chi connectivity index (χ1v) is 12.3. The zero-order valence-electron chi connectivity index (χ0n) is 21.4. The van der Waals surface area contributed by atoms with Gasteiger partial charge in [-0.3, -0.25) is 14.4 Å². The van der Waals surface area contributed by atoms with Gasteiger partial charge in [0.15, 0.2) is 0 Å². The molecule has 8 nitrogen and oxygen atoms in total. The topological polar surface area (TPSA) is 115 Å². The Kier molecular flexibility index (Phi) is 7.22. The summed E-state index contributed by atoms with van der Waals surface area (Å²) >= 11 is 0. The smallest absolute Gasteiger partial charge is 0.416 e. The number of nitrogens with zero attached hydrogens (tertiary/aromatic N) is 2. The maximum absolute atomic E-state index is 13.9. The normalized spacial score (nSPS) is 18.7. The summed E-state index contributed by atoms with van der Waals surface area (Å²) in [5.74, 6) is -1.67. The lowest BCUT2D eigenvalue weighted by molar-refractivity contribution is -0.143. The average Bonchev–Trinajstić information content (AvgIpc) is 3.29. The molecular formula is C27H29F3N4O4. The largest absolute Gasteiger partial charge is 0.481 e. The van der Waals surface area contributed by atoms with Gasteiger partial charge in [0.1, 0.15) is 5.82 Å². The number of carboxylic acid groups (broad SMARTS) is 1. The molecule has 0 aliphatic carbocycles. The van der Waals surface area contributed by atoms with Crippen LogP contribution in [-0.2, 0) is 11.0 Å². The maximum Gasteiger partial charge on any atom is 0.416 e. The predicted octanol–water partition coefficient (Wildman–Crippen LogP) is 4.85. The number of aliphatic carboxylic acids is 1. The Labute approximate surface area is 216 Å². The van der Waals surface area contributed by atoms with Crippen LogP contribution >= 0.6 is 0 Å². The van der Waals surface area contributed by atoms with E-state index in [9.17, 15) is 32.7 Å². The van der Waals surface area contributed by atoms with E-state index in [0.717, 1.165) is 6.07 Å². The van der Waals surface area contributed by atoms with Crippen molar-refractivity contribution in [1.82, 2.24) is 14.9 Å². The number of carboxylic acids is 1. The Balaban J connectivity index is 1.56. The second-order valence-corrected chi connectivity index (χ2v) is 10.1. The van der Waals surface area contributed by atoms with E-state index in [0.29, 0.717) is 17.8 Å². The third-order valence-electron chi connectivity index (χ3n) is 7.11. The molecule has 0 spiro atoms. The van der Waals surface area contributed by atoms with Gasteiger partial charge in [0.2, 0.25) is 0 Å². The molecule has 0 saturated carbocycles. The molecule has 1 aromatic heterocycles. The van der Waals surface area contributed by atoms with Crippen molar-refractivity contribution < 1.29 is 27.9 Å². The number of rotatable bonds is 6. The molecule has 0 unspecified atom stereocenters. The molecule has 0 bridgehead atoms. The number of carbonyl (C=O) groups excluding carboxylic acids is 1. The Bertz CT molecular complexity index is 1430. The lowest BCUT2D eigenvalue weighted by Gasteiger charge is -2.22. The van der Waals surface area contributed by atoms with E-state index in [1.54, 1.807) is 31.2 Å². The molecule has 1 fully saturated rings. The van der Waals surface area contributed by atoms with Crippen molar-refractivity contribution in [3.05, 3.63) is 69.3 Å². The van der Waals surface area contributed by atoms with Gasteiger partial charge in [-0.1, -0.05) is 13.8 Å². The summed E-state index contributed by atoms with van der Waals surface area (Å²) in [6.07, 6.45) is -4.66. The molecule has 1 aliphatic rings. The van der Waals surface area contributed by atoms with Gasteiger partial charge in [-0.2, -0.15) is 13.2 Å². The fraction of sp³-hybridized carbons (Fsp3) is 0.407. The molecule has 1 amide bonds. The summed E-state index contributed by atoms with van der Waals surface area (Å²) in [6, 6.07) is 7.53. The SMILES string of the molecule is Cc1nc2cc(C(F)(F)F)c([C@H](C)Nc3ccc(C(=O)N4C[C@H](C(=O)O)[C@@H](C(C)C)C4)cc3)cc2c(=O)[nH]1. The minimum atomic E-state index is -4.66. The summed E-state index contributed by atoms with van der Waals surface area (Å²) in [4.78, 5) is 45.1. The van der Waals surface area contributed by atoms with Crippen LogP contribution in [0.4, 0.5) is 18.9 Å². The number of hydrogen-bond acceptors (Lipinski definition) is 5. The highest BCUT2D eigenvalue weighted by atomic mass is 19.4. The third kappa shape index (κ3) is 5.36.